The first kappa shape index (κ1) is 72.7. The standard InChI is InChI=1S/C19H27BrFN3O3.C19H26FN3O3.C15H22FN3O2.C14H18FN3O/c1-19(2,3)27-18(26)24-11-9-23(10-12-24)16-7-6-14(13-15(16)21)22-17(25)5-4-8-20;1-19(2,3)26-18(25)22-11-9-21(10-12-22)16-7-6-14(13-15(16)20)23-8-4-5-17(23)24;1-15(2,3)21-14(20)19-8-6-18(7-9-19)13-5-4-11(17)10-12(13)16;15-12-10-11(18-7-1-2-14(18)19)3-4-13(12)17-8-5-16-6-9-17/h6-7,13H,4-5,8-12H2,1-3H3,(H,22,25);6-7,13H,4-5,8-12H2,1-3H3;4-5,10H,6-9,17H2,1-3H3;3-4,10,16H,1-2,5-9H2. The molecular weight excluding hydrogens is 1270 g/mol. The van der Waals surface area contributed by atoms with E-state index >= 15 is 0 Å². The summed E-state index contributed by atoms with van der Waals surface area (Å²) in [4.78, 5) is 87.4. The monoisotopic (exact) mass is 1360 g/mol. The minimum atomic E-state index is -0.533. The Morgan fingerprint density at radius 1 is 0.484 bits per heavy atom. The summed E-state index contributed by atoms with van der Waals surface area (Å²) < 4.78 is 73.3. The third-order valence-electron chi connectivity index (χ3n) is 15.6. The van der Waals surface area contributed by atoms with Crippen molar-refractivity contribution in [2.75, 3.05) is 164 Å². The molecule has 0 spiro atoms. The number of benzene rings is 4. The predicted molar refractivity (Wildman–Crippen MR) is 360 cm³/mol. The van der Waals surface area contributed by atoms with Gasteiger partial charge in [0.25, 0.3) is 0 Å². The number of halogens is 5. The second kappa shape index (κ2) is 32.9. The number of nitrogens with two attached hydrogens (primary N) is 1. The Hall–Kier alpha value is -7.74. The van der Waals surface area contributed by atoms with Crippen LogP contribution in [0.1, 0.15) is 101 Å². The highest BCUT2D eigenvalue weighted by molar-refractivity contribution is 9.09. The highest BCUT2D eigenvalue weighted by Crippen LogP contribution is 2.32. The zero-order valence-electron chi connectivity index (χ0n) is 55.3. The van der Waals surface area contributed by atoms with Gasteiger partial charge in [-0.15, -0.1) is 0 Å². The molecule has 0 radical (unpaired) electrons. The molecular formula is C67H93BrF4N12O9. The number of ether oxygens (including phenoxy) is 3. The van der Waals surface area contributed by atoms with E-state index in [1.54, 1.807) is 67.0 Å². The van der Waals surface area contributed by atoms with Crippen molar-refractivity contribution in [3.05, 3.63) is 96.1 Å². The highest BCUT2D eigenvalue weighted by atomic mass is 79.9. The van der Waals surface area contributed by atoms with Gasteiger partial charge in [0.2, 0.25) is 17.7 Å². The lowest BCUT2D eigenvalue weighted by molar-refractivity contribution is -0.117. The average Bonchev–Trinajstić information content (AvgIpc) is 1.79. The first-order valence-corrected chi connectivity index (χ1v) is 33.1. The maximum Gasteiger partial charge on any atom is 0.410 e. The van der Waals surface area contributed by atoms with E-state index in [4.69, 9.17) is 19.9 Å². The largest absolute Gasteiger partial charge is 0.444 e. The Balaban J connectivity index is 0.000000177. The fraction of sp³-hybridized carbons (Fsp3) is 0.552. The number of rotatable bonds is 10. The molecule has 0 unspecified atom stereocenters. The Labute approximate surface area is 552 Å². The van der Waals surface area contributed by atoms with Crippen LogP contribution in [0.15, 0.2) is 72.8 Å². The molecule has 21 nitrogen and oxygen atoms in total. The Bertz CT molecular complexity index is 3210. The summed E-state index contributed by atoms with van der Waals surface area (Å²) in [6, 6.07) is 19.4. The van der Waals surface area contributed by atoms with E-state index in [0.717, 1.165) is 50.8 Å². The number of nitrogens with zero attached hydrogens (tertiary/aromatic N) is 9. The van der Waals surface area contributed by atoms with Gasteiger partial charge in [0, 0.05) is 165 Å². The average molecular weight is 1370 g/mol. The number of carbonyl (C=O) groups is 6. The number of piperazine rings is 4. The molecule has 0 bridgehead atoms. The summed E-state index contributed by atoms with van der Waals surface area (Å²) >= 11 is 3.28. The molecule has 0 aromatic heterocycles. The van der Waals surface area contributed by atoms with Gasteiger partial charge < -0.3 is 74.7 Å². The summed E-state index contributed by atoms with van der Waals surface area (Å²) in [5.41, 5.74) is 8.27. The Morgan fingerprint density at radius 3 is 1.15 bits per heavy atom. The zero-order valence-corrected chi connectivity index (χ0v) is 56.9. The third-order valence-corrected chi connectivity index (χ3v) is 16.2. The molecule has 6 aliphatic heterocycles. The number of anilines is 8. The molecule has 6 saturated heterocycles. The first-order valence-electron chi connectivity index (χ1n) is 32.0. The SMILES string of the molecule is CC(C)(C)OC(=O)N1CCN(c2ccc(N)cc2F)CC1.CC(C)(C)OC(=O)N1CCN(c2ccc(N3CCCC3=O)cc2F)CC1.CC(C)(C)OC(=O)N1CCN(c2ccc(NC(=O)CCCBr)cc2F)CC1.O=C1CCCN1c1ccc(N2CCNCC2)c(F)c1. The van der Waals surface area contributed by atoms with E-state index in [1.165, 1.54) is 24.3 Å². The smallest absolute Gasteiger partial charge is 0.410 e. The van der Waals surface area contributed by atoms with Crippen LogP contribution in [-0.4, -0.2) is 191 Å². The molecule has 4 aromatic carbocycles. The van der Waals surface area contributed by atoms with E-state index < -0.39 is 16.8 Å². The van der Waals surface area contributed by atoms with Crippen molar-refractivity contribution in [1.82, 2.24) is 20.0 Å². The fourth-order valence-corrected chi connectivity index (χ4v) is 11.3. The highest BCUT2D eigenvalue weighted by Gasteiger charge is 2.32. The van der Waals surface area contributed by atoms with Crippen LogP contribution in [0, 0.1) is 23.3 Å². The molecule has 0 saturated carbocycles. The van der Waals surface area contributed by atoms with Crippen molar-refractivity contribution in [2.24, 2.45) is 0 Å². The number of amides is 6. The summed E-state index contributed by atoms with van der Waals surface area (Å²) in [7, 11) is 0. The van der Waals surface area contributed by atoms with Crippen LogP contribution in [0.2, 0.25) is 0 Å². The number of carbonyl (C=O) groups excluding carboxylic acids is 6. The second-order valence-corrected chi connectivity index (χ2v) is 27.2. The molecule has 0 atom stereocenters. The summed E-state index contributed by atoms with van der Waals surface area (Å²) in [6.45, 7) is 27.5. The maximum atomic E-state index is 14.6. The summed E-state index contributed by atoms with van der Waals surface area (Å²) in [5.74, 6) is -1.29. The Kier molecular flexibility index (Phi) is 25.7. The topological polar surface area (TPSA) is 209 Å². The van der Waals surface area contributed by atoms with Gasteiger partial charge in [0.05, 0.1) is 22.7 Å². The van der Waals surface area contributed by atoms with Crippen LogP contribution in [0.25, 0.3) is 0 Å². The number of hydrogen-bond donors (Lipinski definition) is 3. The van der Waals surface area contributed by atoms with Crippen LogP contribution in [-0.2, 0) is 28.6 Å². The van der Waals surface area contributed by atoms with E-state index in [1.807, 2.05) is 88.0 Å². The fourth-order valence-electron chi connectivity index (χ4n) is 11.0. The lowest BCUT2D eigenvalue weighted by Gasteiger charge is -2.37. The minimum absolute atomic E-state index is 0.0446. The van der Waals surface area contributed by atoms with Crippen molar-refractivity contribution < 1.29 is 60.5 Å². The summed E-state index contributed by atoms with van der Waals surface area (Å²) in [6.07, 6.45) is 2.89. The number of nitrogen functional groups attached to an aromatic ring is 1. The van der Waals surface area contributed by atoms with Crippen molar-refractivity contribution in [3.63, 3.8) is 0 Å². The van der Waals surface area contributed by atoms with Crippen molar-refractivity contribution in [2.45, 2.75) is 118 Å². The quantitative estimate of drug-likeness (QED) is 0.0584. The number of nitrogens with one attached hydrogen (secondary N) is 2. The van der Waals surface area contributed by atoms with Gasteiger partial charge in [0.1, 0.15) is 40.1 Å². The molecule has 10 rings (SSSR count). The van der Waals surface area contributed by atoms with Crippen LogP contribution >= 0.6 is 15.9 Å². The van der Waals surface area contributed by atoms with E-state index in [9.17, 15) is 46.3 Å². The Morgan fingerprint density at radius 2 is 0.828 bits per heavy atom. The number of hydrogen-bond acceptors (Lipinski definition) is 15. The van der Waals surface area contributed by atoms with Crippen LogP contribution < -0.4 is 45.8 Å². The summed E-state index contributed by atoms with van der Waals surface area (Å²) in [5, 5.41) is 6.71. The van der Waals surface area contributed by atoms with Gasteiger partial charge in [-0.2, -0.15) is 0 Å². The van der Waals surface area contributed by atoms with Gasteiger partial charge >= 0.3 is 18.3 Å². The first-order chi connectivity index (χ1) is 43.9. The van der Waals surface area contributed by atoms with Gasteiger partial charge in [-0.1, -0.05) is 15.9 Å². The van der Waals surface area contributed by atoms with Gasteiger partial charge in [-0.25, -0.2) is 31.9 Å². The molecule has 4 N–H and O–H groups in total. The lowest BCUT2D eigenvalue weighted by Crippen LogP contribution is -2.50. The second-order valence-electron chi connectivity index (χ2n) is 26.4. The minimum Gasteiger partial charge on any atom is -0.444 e. The zero-order chi connectivity index (χ0) is 67.8. The van der Waals surface area contributed by atoms with Crippen molar-refractivity contribution in [1.29, 1.82) is 0 Å². The van der Waals surface area contributed by atoms with E-state index in [0.29, 0.717) is 156 Å². The van der Waals surface area contributed by atoms with Crippen LogP contribution in [0.4, 0.5) is 77.4 Å². The van der Waals surface area contributed by atoms with Gasteiger partial charge in [-0.05, 0) is 154 Å². The third kappa shape index (κ3) is 21.9. The molecule has 510 valence electrons. The predicted octanol–water partition coefficient (Wildman–Crippen LogP) is 10.8. The van der Waals surface area contributed by atoms with Gasteiger partial charge in [-0.3, -0.25) is 14.4 Å². The normalized spacial score (nSPS) is 17.2. The van der Waals surface area contributed by atoms with Gasteiger partial charge in [0.15, 0.2) is 0 Å². The molecule has 93 heavy (non-hydrogen) atoms. The molecule has 6 fully saturated rings. The van der Waals surface area contributed by atoms with E-state index in [-0.39, 0.29) is 59.3 Å². The molecule has 6 amide bonds. The maximum absolute atomic E-state index is 14.6. The molecule has 6 aliphatic rings. The lowest BCUT2D eigenvalue weighted by atomic mass is 10.2. The number of alkyl halides is 1. The molecule has 26 heteroatoms. The van der Waals surface area contributed by atoms with Crippen LogP contribution in [0.5, 0.6) is 0 Å². The molecule has 4 aromatic rings. The molecule has 6 heterocycles. The van der Waals surface area contributed by atoms with Crippen molar-refractivity contribution >= 4 is 97.4 Å². The van der Waals surface area contributed by atoms with Crippen LogP contribution in [0.3, 0.4) is 0 Å². The van der Waals surface area contributed by atoms with Crippen molar-refractivity contribution in [3.8, 4) is 0 Å². The molecule has 0 aliphatic carbocycles. The van der Waals surface area contributed by atoms with E-state index in [2.05, 4.69) is 26.6 Å².